The molecule has 0 saturated heterocycles. The molecular formula is C12H16N4O. The smallest absolute Gasteiger partial charge is 0.0710 e. The Morgan fingerprint density at radius 3 is 3.06 bits per heavy atom. The van der Waals surface area contributed by atoms with E-state index in [2.05, 4.69) is 20.5 Å². The third-order valence-electron chi connectivity index (χ3n) is 2.58. The van der Waals surface area contributed by atoms with Crippen molar-refractivity contribution in [2.24, 2.45) is 0 Å². The summed E-state index contributed by atoms with van der Waals surface area (Å²) in [6, 6.07) is 3.95. The summed E-state index contributed by atoms with van der Waals surface area (Å²) in [5.74, 6) is 0. The Morgan fingerprint density at radius 1 is 1.47 bits per heavy atom. The first-order valence-corrected chi connectivity index (χ1v) is 5.58. The molecule has 0 amide bonds. The van der Waals surface area contributed by atoms with Gasteiger partial charge in [-0.3, -0.25) is 10.1 Å². The van der Waals surface area contributed by atoms with E-state index >= 15 is 0 Å². The van der Waals surface area contributed by atoms with Crippen LogP contribution >= 0.6 is 0 Å². The fraction of sp³-hybridized carbons (Fsp3) is 0.333. The third kappa shape index (κ3) is 2.89. The van der Waals surface area contributed by atoms with E-state index < -0.39 is 0 Å². The summed E-state index contributed by atoms with van der Waals surface area (Å²) in [5, 5.41) is 19.2. The van der Waals surface area contributed by atoms with Crippen molar-refractivity contribution in [1.29, 1.82) is 0 Å². The minimum Gasteiger partial charge on any atom is -0.395 e. The zero-order valence-electron chi connectivity index (χ0n) is 9.72. The summed E-state index contributed by atoms with van der Waals surface area (Å²) < 4.78 is 0. The maximum atomic E-state index is 8.95. The summed E-state index contributed by atoms with van der Waals surface area (Å²) in [7, 11) is 0. The van der Waals surface area contributed by atoms with Crippen LogP contribution in [0, 0.1) is 0 Å². The normalized spacial score (nSPS) is 12.6. The largest absolute Gasteiger partial charge is 0.395 e. The zero-order valence-corrected chi connectivity index (χ0v) is 9.72. The zero-order chi connectivity index (χ0) is 12.1. The molecule has 0 radical (unpaired) electrons. The van der Waals surface area contributed by atoms with E-state index in [4.69, 9.17) is 5.11 Å². The van der Waals surface area contributed by atoms with E-state index in [1.165, 1.54) is 0 Å². The van der Waals surface area contributed by atoms with E-state index in [1.807, 2.05) is 19.1 Å². The second-order valence-corrected chi connectivity index (χ2v) is 3.98. The van der Waals surface area contributed by atoms with E-state index in [0.29, 0.717) is 6.54 Å². The van der Waals surface area contributed by atoms with Crippen LogP contribution in [-0.4, -0.2) is 32.9 Å². The quantitative estimate of drug-likeness (QED) is 0.717. The predicted octanol–water partition coefficient (Wildman–Crippen LogP) is 0.942. The minimum absolute atomic E-state index is 0.0756. The van der Waals surface area contributed by atoms with Crippen LogP contribution in [0.5, 0.6) is 0 Å². The summed E-state index contributed by atoms with van der Waals surface area (Å²) in [4.78, 5) is 4.08. The number of hydrogen-bond donors (Lipinski definition) is 3. The van der Waals surface area contributed by atoms with E-state index in [-0.39, 0.29) is 12.6 Å². The Kier molecular flexibility index (Phi) is 3.85. The fourth-order valence-electron chi connectivity index (χ4n) is 1.55. The highest BCUT2D eigenvalue weighted by Gasteiger charge is 2.08. The Hall–Kier alpha value is -1.72. The van der Waals surface area contributed by atoms with Crippen molar-refractivity contribution in [3.63, 3.8) is 0 Å². The molecule has 0 aliphatic carbocycles. The molecule has 2 aromatic heterocycles. The number of hydrogen-bond acceptors (Lipinski definition) is 4. The monoisotopic (exact) mass is 232 g/mol. The van der Waals surface area contributed by atoms with E-state index in [1.54, 1.807) is 18.6 Å². The van der Waals surface area contributed by atoms with Gasteiger partial charge in [-0.05, 0) is 19.1 Å². The molecule has 5 nitrogen and oxygen atoms in total. The molecule has 1 atom stereocenters. The van der Waals surface area contributed by atoms with E-state index in [9.17, 15) is 0 Å². The Balaban J connectivity index is 2.12. The molecule has 0 aliphatic rings. The van der Waals surface area contributed by atoms with Crippen LogP contribution < -0.4 is 5.32 Å². The molecule has 5 heteroatoms. The Bertz CT molecular complexity index is 455. The molecule has 2 heterocycles. The van der Waals surface area contributed by atoms with Crippen molar-refractivity contribution in [2.75, 3.05) is 6.61 Å². The van der Waals surface area contributed by atoms with Crippen molar-refractivity contribution in [2.45, 2.75) is 19.5 Å². The molecule has 0 bridgehead atoms. The van der Waals surface area contributed by atoms with Gasteiger partial charge in [-0.2, -0.15) is 5.10 Å². The number of pyridine rings is 1. The average molecular weight is 232 g/mol. The van der Waals surface area contributed by atoms with Gasteiger partial charge in [0.1, 0.15) is 0 Å². The van der Waals surface area contributed by atoms with Crippen LogP contribution in [0.2, 0.25) is 0 Å². The molecule has 0 spiro atoms. The maximum absolute atomic E-state index is 8.95. The fourth-order valence-corrected chi connectivity index (χ4v) is 1.55. The number of H-pyrrole nitrogens is 1. The highest BCUT2D eigenvalue weighted by atomic mass is 16.3. The lowest BCUT2D eigenvalue weighted by Crippen LogP contribution is -2.28. The number of aromatic nitrogens is 3. The van der Waals surface area contributed by atoms with Crippen LogP contribution in [0.4, 0.5) is 0 Å². The maximum Gasteiger partial charge on any atom is 0.0710 e. The van der Waals surface area contributed by atoms with Gasteiger partial charge in [0, 0.05) is 36.1 Å². The van der Waals surface area contributed by atoms with Crippen LogP contribution in [-0.2, 0) is 6.54 Å². The molecule has 0 aliphatic heterocycles. The highest BCUT2D eigenvalue weighted by molar-refractivity contribution is 5.61. The lowest BCUT2D eigenvalue weighted by molar-refractivity contribution is 0.251. The molecule has 0 saturated carbocycles. The predicted molar refractivity (Wildman–Crippen MR) is 65.2 cm³/mol. The number of aliphatic hydroxyl groups is 1. The van der Waals surface area contributed by atoms with Gasteiger partial charge in [-0.1, -0.05) is 0 Å². The van der Waals surface area contributed by atoms with Crippen LogP contribution in [0.25, 0.3) is 11.3 Å². The van der Waals surface area contributed by atoms with Crippen molar-refractivity contribution in [1.82, 2.24) is 20.5 Å². The second kappa shape index (κ2) is 5.56. The van der Waals surface area contributed by atoms with Gasteiger partial charge in [0.05, 0.1) is 18.5 Å². The molecule has 1 unspecified atom stereocenters. The number of aromatic amines is 1. The van der Waals surface area contributed by atoms with Gasteiger partial charge in [0.15, 0.2) is 0 Å². The molecule has 0 aromatic carbocycles. The summed E-state index contributed by atoms with van der Waals surface area (Å²) in [6.45, 7) is 2.73. The third-order valence-corrected chi connectivity index (χ3v) is 2.58. The molecule has 3 N–H and O–H groups in total. The lowest BCUT2D eigenvalue weighted by Gasteiger charge is -2.10. The highest BCUT2D eigenvalue weighted by Crippen LogP contribution is 2.19. The Labute approximate surface area is 99.9 Å². The Morgan fingerprint density at radius 2 is 2.35 bits per heavy atom. The average Bonchev–Trinajstić information content (AvgIpc) is 2.85. The second-order valence-electron chi connectivity index (χ2n) is 3.98. The van der Waals surface area contributed by atoms with Crippen molar-refractivity contribution < 1.29 is 5.11 Å². The number of nitrogens with one attached hydrogen (secondary N) is 2. The molecule has 17 heavy (non-hydrogen) atoms. The van der Waals surface area contributed by atoms with E-state index in [0.717, 1.165) is 16.8 Å². The first-order valence-electron chi connectivity index (χ1n) is 5.58. The molecule has 2 aromatic rings. The minimum atomic E-state index is 0.0756. The SMILES string of the molecule is CC(CO)NCc1cn[nH]c1-c1cccnc1. The van der Waals surface area contributed by atoms with Crippen LogP contribution in [0.1, 0.15) is 12.5 Å². The number of rotatable bonds is 5. The van der Waals surface area contributed by atoms with Crippen LogP contribution in [0.3, 0.4) is 0 Å². The van der Waals surface area contributed by atoms with Crippen LogP contribution in [0.15, 0.2) is 30.7 Å². The summed E-state index contributed by atoms with van der Waals surface area (Å²) in [5.41, 5.74) is 3.05. The lowest BCUT2D eigenvalue weighted by atomic mass is 10.1. The topological polar surface area (TPSA) is 73.8 Å². The van der Waals surface area contributed by atoms with Gasteiger partial charge in [0.2, 0.25) is 0 Å². The van der Waals surface area contributed by atoms with Gasteiger partial charge in [-0.25, -0.2) is 0 Å². The first kappa shape index (κ1) is 11.8. The molecule has 0 fully saturated rings. The van der Waals surface area contributed by atoms with Gasteiger partial charge in [-0.15, -0.1) is 0 Å². The molecule has 90 valence electrons. The number of aliphatic hydroxyl groups excluding tert-OH is 1. The van der Waals surface area contributed by atoms with Crippen molar-refractivity contribution in [3.8, 4) is 11.3 Å². The van der Waals surface area contributed by atoms with Gasteiger partial charge in [0.25, 0.3) is 0 Å². The van der Waals surface area contributed by atoms with Gasteiger partial charge < -0.3 is 10.4 Å². The molecule has 2 rings (SSSR count). The molecular weight excluding hydrogens is 216 g/mol. The van der Waals surface area contributed by atoms with Crippen molar-refractivity contribution in [3.05, 3.63) is 36.3 Å². The van der Waals surface area contributed by atoms with Crippen molar-refractivity contribution >= 4 is 0 Å². The van der Waals surface area contributed by atoms with Gasteiger partial charge >= 0.3 is 0 Å². The number of nitrogens with zero attached hydrogens (tertiary/aromatic N) is 2. The standard InChI is InChI=1S/C12H16N4O/c1-9(8-17)14-6-11-7-15-16-12(11)10-3-2-4-13-5-10/h2-5,7,9,14,17H,6,8H2,1H3,(H,15,16). The summed E-state index contributed by atoms with van der Waals surface area (Å²) >= 11 is 0. The summed E-state index contributed by atoms with van der Waals surface area (Å²) in [6.07, 6.45) is 5.33. The first-order chi connectivity index (χ1) is 8.31.